The van der Waals surface area contributed by atoms with Gasteiger partial charge in [-0.05, 0) is 19.3 Å². The molecule has 0 aromatic heterocycles. The fourth-order valence-corrected chi connectivity index (χ4v) is 2.16. The third-order valence-corrected chi connectivity index (χ3v) is 3.19. The van der Waals surface area contributed by atoms with Crippen molar-refractivity contribution in [3.05, 3.63) is 0 Å². The van der Waals surface area contributed by atoms with E-state index in [1.807, 2.05) is 0 Å². The van der Waals surface area contributed by atoms with Crippen LogP contribution in [0.1, 0.15) is 19.3 Å². The third kappa shape index (κ3) is 5.20. The van der Waals surface area contributed by atoms with E-state index in [1.165, 1.54) is 0 Å². The summed E-state index contributed by atoms with van der Waals surface area (Å²) >= 11 is 0. The van der Waals surface area contributed by atoms with Crippen LogP contribution in [-0.4, -0.2) is 65.1 Å². The van der Waals surface area contributed by atoms with Gasteiger partial charge in [-0.2, -0.15) is 0 Å². The van der Waals surface area contributed by atoms with Gasteiger partial charge in [0.1, 0.15) is 6.10 Å². The van der Waals surface area contributed by atoms with Crippen LogP contribution in [0.15, 0.2) is 0 Å². The summed E-state index contributed by atoms with van der Waals surface area (Å²) in [6, 6.07) is 0. The van der Waals surface area contributed by atoms with Gasteiger partial charge in [0.2, 0.25) is 0 Å². The third-order valence-electron chi connectivity index (χ3n) is 3.19. The summed E-state index contributed by atoms with van der Waals surface area (Å²) in [6.07, 6.45) is 3.06. The molecule has 0 aliphatic carbocycles. The summed E-state index contributed by atoms with van der Waals surface area (Å²) in [5.74, 6) is 0. The summed E-state index contributed by atoms with van der Waals surface area (Å²) in [7, 11) is 0. The van der Waals surface area contributed by atoms with Crippen molar-refractivity contribution >= 4 is 0 Å². The molecule has 2 fully saturated rings. The van der Waals surface area contributed by atoms with Gasteiger partial charge < -0.3 is 23.7 Å². The summed E-state index contributed by atoms with van der Waals surface area (Å²) < 4.78 is 28.2. The fraction of sp³-hybridized carbons (Fsp3) is 1.00. The van der Waals surface area contributed by atoms with Crippen LogP contribution in [0, 0.1) is 0 Å². The van der Waals surface area contributed by atoms with Gasteiger partial charge in [-0.25, -0.2) is 0 Å². The first kappa shape index (κ1) is 14.2. The Labute approximate surface area is 109 Å². The Hall–Kier alpha value is -0.200. The Kier molecular flexibility index (Phi) is 6.97. The molecule has 0 bridgehead atoms. The van der Waals surface area contributed by atoms with Crippen LogP contribution in [0.3, 0.4) is 0 Å². The summed E-state index contributed by atoms with van der Waals surface area (Å²) in [5.41, 5.74) is 0. The lowest BCUT2D eigenvalue weighted by atomic mass is 10.1. The predicted octanol–water partition coefficient (Wildman–Crippen LogP) is 1.00. The van der Waals surface area contributed by atoms with E-state index in [9.17, 15) is 0 Å². The molecule has 0 N–H and O–H groups in total. The largest absolute Gasteiger partial charge is 0.381 e. The highest BCUT2D eigenvalue weighted by atomic mass is 16.6. The molecule has 2 rings (SSSR count). The second-order valence-electron chi connectivity index (χ2n) is 4.61. The minimum Gasteiger partial charge on any atom is -0.381 e. The van der Waals surface area contributed by atoms with Crippen LogP contribution in [0.25, 0.3) is 0 Å². The zero-order valence-corrected chi connectivity index (χ0v) is 11.0. The molecule has 5 nitrogen and oxygen atoms in total. The average molecular weight is 260 g/mol. The molecule has 2 aliphatic rings. The van der Waals surface area contributed by atoms with E-state index in [-0.39, 0.29) is 12.2 Å². The van der Waals surface area contributed by atoms with Crippen molar-refractivity contribution in [1.29, 1.82) is 0 Å². The highest BCUT2D eigenvalue weighted by Crippen LogP contribution is 2.13. The Morgan fingerprint density at radius 1 is 0.556 bits per heavy atom. The topological polar surface area (TPSA) is 46.2 Å². The average Bonchev–Trinajstić information content (AvgIpc) is 2.61. The molecule has 0 saturated carbocycles. The Morgan fingerprint density at radius 2 is 1.28 bits per heavy atom. The monoisotopic (exact) mass is 260 g/mol. The fourth-order valence-electron chi connectivity index (χ4n) is 2.16. The molecule has 0 aromatic carbocycles. The molecule has 0 aromatic rings. The molecule has 2 unspecified atom stereocenters. The van der Waals surface area contributed by atoms with Crippen molar-refractivity contribution in [2.45, 2.75) is 31.5 Å². The lowest BCUT2D eigenvalue weighted by Gasteiger charge is -2.26. The lowest BCUT2D eigenvalue weighted by Crippen LogP contribution is -2.37. The van der Waals surface area contributed by atoms with E-state index >= 15 is 0 Å². The van der Waals surface area contributed by atoms with Gasteiger partial charge in [-0.15, -0.1) is 0 Å². The van der Waals surface area contributed by atoms with Gasteiger partial charge in [-0.1, -0.05) is 0 Å². The van der Waals surface area contributed by atoms with Crippen LogP contribution >= 0.6 is 0 Å². The number of ether oxygens (including phenoxy) is 5. The quantitative estimate of drug-likeness (QED) is 0.704. The van der Waals surface area contributed by atoms with Gasteiger partial charge in [0.25, 0.3) is 0 Å². The Balaban J connectivity index is 1.83. The van der Waals surface area contributed by atoms with Gasteiger partial charge >= 0.3 is 0 Å². The molecule has 0 spiro atoms. The normalized spacial score (nSPS) is 33.3. The van der Waals surface area contributed by atoms with Crippen LogP contribution in [0.2, 0.25) is 0 Å². The zero-order valence-electron chi connectivity index (χ0n) is 11.0. The molecule has 2 atom stereocenters. The van der Waals surface area contributed by atoms with E-state index in [2.05, 4.69) is 0 Å². The minimum atomic E-state index is -0.00611. The Bertz CT molecular complexity index is 170. The number of hydrogen-bond donors (Lipinski definition) is 0. The van der Waals surface area contributed by atoms with Gasteiger partial charge in [0.15, 0.2) is 0 Å². The van der Waals surface area contributed by atoms with Crippen molar-refractivity contribution in [3.8, 4) is 0 Å². The second kappa shape index (κ2) is 8.82. The summed E-state index contributed by atoms with van der Waals surface area (Å²) in [4.78, 5) is 0. The Morgan fingerprint density at radius 3 is 2.28 bits per heavy atom. The van der Waals surface area contributed by atoms with Crippen molar-refractivity contribution in [2.75, 3.05) is 52.9 Å². The molecular formula is C13H24O5. The maximum absolute atomic E-state index is 5.91. The molecule has 0 amide bonds. The molecule has 2 heterocycles. The first-order chi connectivity index (χ1) is 8.97. The highest BCUT2D eigenvalue weighted by molar-refractivity contribution is 4.72. The molecule has 2 aliphatic heterocycles. The molecule has 2 saturated heterocycles. The first-order valence-corrected chi connectivity index (χ1v) is 6.93. The molecule has 18 heavy (non-hydrogen) atoms. The summed E-state index contributed by atoms with van der Waals surface area (Å²) in [6.45, 7) is 5.44. The van der Waals surface area contributed by atoms with Crippen LogP contribution in [0.4, 0.5) is 0 Å². The van der Waals surface area contributed by atoms with E-state index in [0.29, 0.717) is 33.0 Å². The smallest absolute Gasteiger partial charge is 0.107 e. The van der Waals surface area contributed by atoms with E-state index in [1.54, 1.807) is 0 Å². The van der Waals surface area contributed by atoms with Crippen molar-refractivity contribution in [3.63, 3.8) is 0 Å². The number of rotatable bonds is 1. The second-order valence-corrected chi connectivity index (χ2v) is 4.61. The van der Waals surface area contributed by atoms with E-state index < -0.39 is 0 Å². The van der Waals surface area contributed by atoms with Crippen LogP contribution in [-0.2, 0) is 23.7 Å². The molecule has 106 valence electrons. The standard InChI is InChI=1S/C13H24O5/c1-2-5-17-12(3-6-14-4-1)13-11-16-8-7-15-9-10-18-13/h12-13H,1-11H2. The zero-order chi connectivity index (χ0) is 12.5. The maximum Gasteiger partial charge on any atom is 0.107 e. The van der Waals surface area contributed by atoms with Crippen molar-refractivity contribution in [2.24, 2.45) is 0 Å². The number of hydrogen-bond acceptors (Lipinski definition) is 5. The lowest BCUT2D eigenvalue weighted by molar-refractivity contribution is -0.105. The van der Waals surface area contributed by atoms with Crippen LogP contribution in [0.5, 0.6) is 0 Å². The molecule has 5 heteroatoms. The summed E-state index contributed by atoms with van der Waals surface area (Å²) in [5, 5.41) is 0. The minimum absolute atomic E-state index is 0.00611. The van der Waals surface area contributed by atoms with Crippen LogP contribution < -0.4 is 0 Å². The molecule has 0 radical (unpaired) electrons. The SMILES string of the molecule is C1CCOC(C2COCCOCCO2)CCOC1. The van der Waals surface area contributed by atoms with Crippen molar-refractivity contribution in [1.82, 2.24) is 0 Å². The van der Waals surface area contributed by atoms with Crippen molar-refractivity contribution < 1.29 is 23.7 Å². The first-order valence-electron chi connectivity index (χ1n) is 6.93. The predicted molar refractivity (Wildman–Crippen MR) is 65.8 cm³/mol. The van der Waals surface area contributed by atoms with E-state index in [4.69, 9.17) is 23.7 Å². The van der Waals surface area contributed by atoms with Gasteiger partial charge in [0.05, 0.1) is 39.1 Å². The molecular weight excluding hydrogens is 236 g/mol. The highest BCUT2D eigenvalue weighted by Gasteiger charge is 2.24. The van der Waals surface area contributed by atoms with E-state index in [0.717, 1.165) is 39.1 Å². The van der Waals surface area contributed by atoms with Gasteiger partial charge in [0, 0.05) is 19.8 Å². The van der Waals surface area contributed by atoms with Gasteiger partial charge in [-0.3, -0.25) is 0 Å². The maximum atomic E-state index is 5.91.